The minimum absolute atomic E-state index is 0.101. The summed E-state index contributed by atoms with van der Waals surface area (Å²) in [6.07, 6.45) is 3.31. The highest BCUT2D eigenvalue weighted by atomic mass is 16.5. The van der Waals surface area contributed by atoms with Gasteiger partial charge in [-0.2, -0.15) is 0 Å². The number of nitrogens with one attached hydrogen (secondary N) is 1. The summed E-state index contributed by atoms with van der Waals surface area (Å²) in [5, 5.41) is 11.6. The van der Waals surface area contributed by atoms with Crippen LogP contribution in [-0.2, 0) is 0 Å². The average molecular weight is 328 g/mol. The van der Waals surface area contributed by atoms with Crippen LogP contribution in [0.15, 0.2) is 36.5 Å². The lowest BCUT2D eigenvalue weighted by Gasteiger charge is -2.11. The van der Waals surface area contributed by atoms with Crippen molar-refractivity contribution in [3.8, 4) is 5.75 Å². The normalized spacial score (nSPS) is 10.2. The molecule has 1 aromatic heterocycles. The molecule has 1 heterocycles. The molecular formula is C18H20N2O4. The summed E-state index contributed by atoms with van der Waals surface area (Å²) in [5.74, 6) is -0.704. The first-order valence-corrected chi connectivity index (χ1v) is 7.75. The molecule has 0 unspecified atom stereocenters. The summed E-state index contributed by atoms with van der Waals surface area (Å²) in [5.41, 5.74) is 1.75. The van der Waals surface area contributed by atoms with Crippen LogP contribution in [0.5, 0.6) is 5.75 Å². The van der Waals surface area contributed by atoms with Crippen molar-refractivity contribution in [2.24, 2.45) is 0 Å². The minimum atomic E-state index is -1.13. The van der Waals surface area contributed by atoms with Gasteiger partial charge in [0.2, 0.25) is 0 Å². The number of aryl methyl sites for hydroxylation is 1. The van der Waals surface area contributed by atoms with Crippen molar-refractivity contribution in [1.82, 2.24) is 4.98 Å². The van der Waals surface area contributed by atoms with Crippen molar-refractivity contribution in [3.63, 3.8) is 0 Å². The van der Waals surface area contributed by atoms with Gasteiger partial charge in [0, 0.05) is 11.9 Å². The summed E-state index contributed by atoms with van der Waals surface area (Å²) in [6, 6.07) is 8.20. The third-order valence-electron chi connectivity index (χ3n) is 3.46. The second-order valence-corrected chi connectivity index (χ2v) is 5.37. The number of carbonyl (C=O) groups is 2. The molecule has 6 nitrogen and oxygen atoms in total. The van der Waals surface area contributed by atoms with Crippen molar-refractivity contribution >= 4 is 17.6 Å². The van der Waals surface area contributed by atoms with Gasteiger partial charge in [-0.25, -0.2) is 9.78 Å². The smallest absolute Gasteiger partial charge is 0.354 e. The Morgan fingerprint density at radius 3 is 2.62 bits per heavy atom. The molecule has 1 aromatic carbocycles. The molecule has 0 atom stereocenters. The fourth-order valence-corrected chi connectivity index (χ4v) is 2.05. The van der Waals surface area contributed by atoms with Gasteiger partial charge in [0.25, 0.3) is 5.91 Å². The van der Waals surface area contributed by atoms with E-state index in [-0.39, 0.29) is 11.6 Å². The lowest BCUT2D eigenvalue weighted by atomic mass is 10.1. The van der Waals surface area contributed by atoms with Crippen molar-refractivity contribution in [2.75, 3.05) is 11.9 Å². The van der Waals surface area contributed by atoms with Crippen molar-refractivity contribution < 1.29 is 19.4 Å². The van der Waals surface area contributed by atoms with Crippen molar-refractivity contribution in [2.45, 2.75) is 26.7 Å². The summed E-state index contributed by atoms with van der Waals surface area (Å²) in [6.45, 7) is 4.66. The number of anilines is 1. The van der Waals surface area contributed by atoms with Crippen LogP contribution in [0, 0.1) is 6.92 Å². The van der Waals surface area contributed by atoms with E-state index in [2.05, 4.69) is 17.2 Å². The topological polar surface area (TPSA) is 88.5 Å². The number of aromatic nitrogens is 1. The number of hydrogen-bond donors (Lipinski definition) is 2. The summed E-state index contributed by atoms with van der Waals surface area (Å²) in [4.78, 5) is 26.7. The fraction of sp³-hybridized carbons (Fsp3) is 0.278. The van der Waals surface area contributed by atoms with Crippen LogP contribution in [-0.4, -0.2) is 28.6 Å². The molecule has 0 bridgehead atoms. The summed E-state index contributed by atoms with van der Waals surface area (Å²) in [7, 11) is 0. The number of nitrogens with zero attached hydrogens (tertiary/aromatic N) is 1. The molecular weight excluding hydrogens is 308 g/mol. The molecule has 0 aliphatic rings. The Kier molecular flexibility index (Phi) is 5.89. The molecule has 6 heteroatoms. The van der Waals surface area contributed by atoms with E-state index < -0.39 is 5.97 Å². The van der Waals surface area contributed by atoms with Crippen LogP contribution >= 0.6 is 0 Å². The van der Waals surface area contributed by atoms with Gasteiger partial charge in [-0.3, -0.25) is 4.79 Å². The molecule has 2 N–H and O–H groups in total. The van der Waals surface area contributed by atoms with Crippen LogP contribution in [0.1, 0.15) is 46.2 Å². The highest BCUT2D eigenvalue weighted by Crippen LogP contribution is 2.22. The Labute approximate surface area is 140 Å². The molecule has 0 radical (unpaired) electrons. The highest BCUT2D eigenvalue weighted by molar-refractivity contribution is 6.04. The second kappa shape index (κ2) is 8.10. The van der Waals surface area contributed by atoms with Crippen LogP contribution < -0.4 is 10.1 Å². The summed E-state index contributed by atoms with van der Waals surface area (Å²) < 4.78 is 5.63. The molecule has 0 saturated heterocycles. The first-order chi connectivity index (χ1) is 11.5. The second-order valence-electron chi connectivity index (χ2n) is 5.37. The van der Waals surface area contributed by atoms with E-state index in [4.69, 9.17) is 9.84 Å². The van der Waals surface area contributed by atoms with Gasteiger partial charge in [-0.1, -0.05) is 13.3 Å². The monoisotopic (exact) mass is 328 g/mol. The molecule has 0 spiro atoms. The van der Waals surface area contributed by atoms with Gasteiger partial charge in [0.15, 0.2) is 0 Å². The number of aromatic carboxylic acids is 1. The molecule has 0 aliphatic heterocycles. The van der Waals surface area contributed by atoms with E-state index in [0.717, 1.165) is 24.2 Å². The van der Waals surface area contributed by atoms with Gasteiger partial charge < -0.3 is 15.2 Å². The molecule has 126 valence electrons. The Hall–Kier alpha value is -2.89. The highest BCUT2D eigenvalue weighted by Gasteiger charge is 2.11. The Bertz CT molecular complexity index is 726. The minimum Gasteiger partial charge on any atom is -0.494 e. The van der Waals surface area contributed by atoms with E-state index >= 15 is 0 Å². The molecule has 1 amide bonds. The van der Waals surface area contributed by atoms with Gasteiger partial charge >= 0.3 is 5.97 Å². The molecule has 24 heavy (non-hydrogen) atoms. The predicted octanol–water partition coefficient (Wildman–Crippen LogP) is 3.52. The van der Waals surface area contributed by atoms with E-state index in [9.17, 15) is 9.59 Å². The number of pyridine rings is 1. The number of ether oxygens (including phenoxy) is 1. The van der Waals surface area contributed by atoms with E-state index in [1.165, 1.54) is 18.3 Å². The predicted molar refractivity (Wildman–Crippen MR) is 90.7 cm³/mol. The number of carbonyl (C=O) groups excluding carboxylic acids is 1. The van der Waals surface area contributed by atoms with Crippen molar-refractivity contribution in [3.05, 3.63) is 53.3 Å². The number of rotatable bonds is 7. The quantitative estimate of drug-likeness (QED) is 0.759. The Balaban J connectivity index is 2.04. The zero-order valence-electron chi connectivity index (χ0n) is 13.7. The number of unbranched alkanes of at least 4 members (excludes halogenated alkanes) is 1. The lowest BCUT2D eigenvalue weighted by Crippen LogP contribution is -2.14. The van der Waals surface area contributed by atoms with Gasteiger partial charge in [-0.15, -0.1) is 0 Å². The lowest BCUT2D eigenvalue weighted by molar-refractivity contribution is 0.0690. The van der Waals surface area contributed by atoms with Gasteiger partial charge in [0.05, 0.1) is 12.2 Å². The van der Waals surface area contributed by atoms with Crippen LogP contribution in [0.4, 0.5) is 5.69 Å². The molecule has 0 aliphatic carbocycles. The van der Waals surface area contributed by atoms with Gasteiger partial charge in [0.1, 0.15) is 11.4 Å². The number of carboxylic acids is 1. The first kappa shape index (κ1) is 17.5. The first-order valence-electron chi connectivity index (χ1n) is 7.75. The fourth-order valence-electron chi connectivity index (χ4n) is 2.05. The molecule has 2 rings (SSSR count). The SMILES string of the molecule is CCCCOc1ccc(NC(=O)c2ccc(C(=O)O)nc2)c(C)c1. The van der Waals surface area contributed by atoms with E-state index in [1.807, 2.05) is 19.1 Å². The van der Waals surface area contributed by atoms with Crippen molar-refractivity contribution in [1.29, 1.82) is 0 Å². The standard InChI is InChI=1S/C18H20N2O4/c1-3-4-9-24-14-6-8-15(12(2)10-14)20-17(21)13-5-7-16(18(22)23)19-11-13/h5-8,10-11H,3-4,9H2,1-2H3,(H,20,21)(H,22,23). The molecule has 0 saturated carbocycles. The molecule has 0 fully saturated rings. The Morgan fingerprint density at radius 2 is 2.04 bits per heavy atom. The third kappa shape index (κ3) is 4.55. The maximum atomic E-state index is 12.2. The molecule has 2 aromatic rings. The van der Waals surface area contributed by atoms with Crippen LogP contribution in [0.3, 0.4) is 0 Å². The largest absolute Gasteiger partial charge is 0.494 e. The maximum absolute atomic E-state index is 12.2. The number of hydrogen-bond acceptors (Lipinski definition) is 4. The zero-order valence-corrected chi connectivity index (χ0v) is 13.7. The van der Waals surface area contributed by atoms with E-state index in [1.54, 1.807) is 6.07 Å². The van der Waals surface area contributed by atoms with Gasteiger partial charge in [-0.05, 0) is 49.2 Å². The van der Waals surface area contributed by atoms with Crippen LogP contribution in [0.25, 0.3) is 0 Å². The Morgan fingerprint density at radius 1 is 1.25 bits per heavy atom. The summed E-state index contributed by atoms with van der Waals surface area (Å²) >= 11 is 0. The third-order valence-corrected chi connectivity index (χ3v) is 3.46. The number of benzene rings is 1. The van der Waals surface area contributed by atoms with Crippen LogP contribution in [0.2, 0.25) is 0 Å². The average Bonchev–Trinajstić information content (AvgIpc) is 2.57. The number of carboxylic acid groups (broad SMARTS) is 1. The number of amides is 1. The van der Waals surface area contributed by atoms with E-state index in [0.29, 0.717) is 17.9 Å². The zero-order chi connectivity index (χ0) is 17.5. The maximum Gasteiger partial charge on any atom is 0.354 e.